The summed E-state index contributed by atoms with van der Waals surface area (Å²) in [5.74, 6) is 0.142. The molecule has 0 heterocycles. The van der Waals surface area contributed by atoms with E-state index in [4.69, 9.17) is 9.47 Å². The molecule has 0 fully saturated rings. The third-order valence-corrected chi connectivity index (χ3v) is 2.37. The minimum atomic E-state index is -0.529. The van der Waals surface area contributed by atoms with E-state index in [1.54, 1.807) is 24.3 Å². The number of benzene rings is 2. The maximum absolute atomic E-state index is 11.8. The van der Waals surface area contributed by atoms with Crippen molar-refractivity contribution in [2.24, 2.45) is 0 Å². The van der Waals surface area contributed by atoms with Crippen LogP contribution in [0.5, 0.6) is 17.2 Å². The number of esters is 1. The number of hydrogen-bond donors (Lipinski definition) is 1. The molecule has 0 aromatic heterocycles. The van der Waals surface area contributed by atoms with E-state index in [1.165, 1.54) is 25.3 Å². The van der Waals surface area contributed by atoms with Crippen LogP contribution in [0.4, 0.5) is 0 Å². The molecule has 0 saturated heterocycles. The molecule has 0 spiro atoms. The Labute approximate surface area is 104 Å². The molecule has 0 saturated carbocycles. The molecule has 2 aromatic rings. The van der Waals surface area contributed by atoms with Crippen LogP contribution < -0.4 is 9.47 Å². The molecular formula is C14H12O4. The van der Waals surface area contributed by atoms with E-state index in [9.17, 15) is 9.90 Å². The van der Waals surface area contributed by atoms with Gasteiger partial charge in [0.25, 0.3) is 0 Å². The number of carbonyl (C=O) groups excluding carboxylic acids is 1. The Morgan fingerprint density at radius 2 is 1.83 bits per heavy atom. The molecule has 0 amide bonds. The van der Waals surface area contributed by atoms with Gasteiger partial charge >= 0.3 is 5.97 Å². The van der Waals surface area contributed by atoms with Crippen LogP contribution in [0.3, 0.4) is 0 Å². The minimum absolute atomic E-state index is 0.0972. The maximum Gasteiger partial charge on any atom is 0.343 e. The van der Waals surface area contributed by atoms with Crippen molar-refractivity contribution in [3.05, 3.63) is 54.1 Å². The lowest BCUT2D eigenvalue weighted by Gasteiger charge is -2.06. The smallest absolute Gasteiger partial charge is 0.343 e. The Morgan fingerprint density at radius 1 is 1.11 bits per heavy atom. The third-order valence-electron chi connectivity index (χ3n) is 2.37. The van der Waals surface area contributed by atoms with Gasteiger partial charge in [-0.1, -0.05) is 18.2 Å². The summed E-state index contributed by atoms with van der Waals surface area (Å²) < 4.78 is 10.0. The van der Waals surface area contributed by atoms with Gasteiger partial charge in [0.1, 0.15) is 5.75 Å². The summed E-state index contributed by atoms with van der Waals surface area (Å²) in [7, 11) is 1.44. The summed E-state index contributed by atoms with van der Waals surface area (Å²) in [4.78, 5) is 11.8. The molecule has 18 heavy (non-hydrogen) atoms. The fraction of sp³-hybridized carbons (Fsp3) is 0.0714. The zero-order valence-corrected chi connectivity index (χ0v) is 9.79. The first-order valence-corrected chi connectivity index (χ1v) is 5.35. The Morgan fingerprint density at radius 3 is 2.44 bits per heavy atom. The van der Waals surface area contributed by atoms with Crippen LogP contribution in [0.15, 0.2) is 48.5 Å². The number of phenols is 1. The summed E-state index contributed by atoms with van der Waals surface area (Å²) in [5, 5.41) is 9.57. The second-order valence-electron chi connectivity index (χ2n) is 3.59. The van der Waals surface area contributed by atoms with Gasteiger partial charge in [-0.05, 0) is 30.3 Å². The van der Waals surface area contributed by atoms with Gasteiger partial charge in [-0.25, -0.2) is 4.79 Å². The van der Waals surface area contributed by atoms with Crippen molar-refractivity contribution in [3.8, 4) is 17.2 Å². The molecule has 0 atom stereocenters. The van der Waals surface area contributed by atoms with Crippen LogP contribution in [0.1, 0.15) is 10.4 Å². The van der Waals surface area contributed by atoms with Gasteiger partial charge < -0.3 is 14.6 Å². The summed E-state index contributed by atoms with van der Waals surface area (Å²) >= 11 is 0. The monoisotopic (exact) mass is 244 g/mol. The largest absolute Gasteiger partial charge is 0.504 e. The predicted molar refractivity (Wildman–Crippen MR) is 66.1 cm³/mol. The van der Waals surface area contributed by atoms with Gasteiger partial charge in [0.15, 0.2) is 11.5 Å². The van der Waals surface area contributed by atoms with Gasteiger partial charge in [0, 0.05) is 0 Å². The van der Waals surface area contributed by atoms with Gasteiger partial charge in [0.2, 0.25) is 0 Å². The molecule has 2 aromatic carbocycles. The summed E-state index contributed by atoms with van der Waals surface area (Å²) in [6.45, 7) is 0. The second-order valence-corrected chi connectivity index (χ2v) is 3.59. The molecule has 4 heteroatoms. The number of phenolic OH excluding ortho intramolecular Hbond substituents is 1. The fourth-order valence-electron chi connectivity index (χ4n) is 1.47. The molecule has 4 nitrogen and oxygen atoms in total. The van der Waals surface area contributed by atoms with Gasteiger partial charge in [-0.15, -0.1) is 0 Å². The summed E-state index contributed by atoms with van der Waals surface area (Å²) in [6.07, 6.45) is 0. The Hall–Kier alpha value is -2.49. The third kappa shape index (κ3) is 2.60. The van der Waals surface area contributed by atoms with E-state index in [-0.39, 0.29) is 11.3 Å². The lowest BCUT2D eigenvalue weighted by molar-refractivity contribution is 0.0734. The van der Waals surface area contributed by atoms with E-state index in [0.29, 0.717) is 11.5 Å². The normalized spacial score (nSPS) is 9.83. The van der Waals surface area contributed by atoms with E-state index in [1.807, 2.05) is 6.07 Å². The minimum Gasteiger partial charge on any atom is -0.504 e. The number of para-hydroxylation sites is 1. The maximum atomic E-state index is 11.8. The SMILES string of the molecule is COc1ccc(C(=O)Oc2ccccc2)cc1O. The molecule has 0 aliphatic carbocycles. The second kappa shape index (κ2) is 5.23. The highest BCUT2D eigenvalue weighted by Gasteiger charge is 2.11. The lowest BCUT2D eigenvalue weighted by Crippen LogP contribution is -2.08. The Bertz CT molecular complexity index is 549. The molecule has 0 radical (unpaired) electrons. The average molecular weight is 244 g/mol. The number of hydrogen-bond acceptors (Lipinski definition) is 4. The highest BCUT2D eigenvalue weighted by molar-refractivity contribution is 5.91. The molecule has 1 N–H and O–H groups in total. The van der Waals surface area contributed by atoms with Crippen molar-refractivity contribution >= 4 is 5.97 Å². The van der Waals surface area contributed by atoms with Crippen molar-refractivity contribution < 1.29 is 19.4 Å². The van der Waals surface area contributed by atoms with Crippen LogP contribution in [0.25, 0.3) is 0 Å². The topological polar surface area (TPSA) is 55.8 Å². The molecule has 0 unspecified atom stereocenters. The highest BCUT2D eigenvalue weighted by atomic mass is 16.5. The average Bonchev–Trinajstić information content (AvgIpc) is 2.39. The fourth-order valence-corrected chi connectivity index (χ4v) is 1.47. The molecular weight excluding hydrogens is 232 g/mol. The van der Waals surface area contributed by atoms with Gasteiger partial charge in [-0.2, -0.15) is 0 Å². The number of carbonyl (C=O) groups is 1. The molecule has 0 aliphatic rings. The summed E-state index contributed by atoms with van der Waals surface area (Å²) in [5.41, 5.74) is 0.261. The first-order valence-electron chi connectivity index (χ1n) is 5.35. The van der Waals surface area contributed by atoms with Crippen molar-refractivity contribution in [3.63, 3.8) is 0 Å². The van der Waals surface area contributed by atoms with Crippen LogP contribution in [0.2, 0.25) is 0 Å². The van der Waals surface area contributed by atoms with Crippen molar-refractivity contribution in [1.82, 2.24) is 0 Å². The van der Waals surface area contributed by atoms with E-state index < -0.39 is 5.97 Å². The van der Waals surface area contributed by atoms with Crippen LogP contribution in [-0.2, 0) is 0 Å². The zero-order valence-electron chi connectivity index (χ0n) is 9.79. The molecule has 2 rings (SSSR count). The lowest BCUT2D eigenvalue weighted by atomic mass is 10.2. The quantitative estimate of drug-likeness (QED) is 0.666. The Kier molecular flexibility index (Phi) is 3.48. The van der Waals surface area contributed by atoms with Gasteiger partial charge in [0.05, 0.1) is 12.7 Å². The molecule has 0 bridgehead atoms. The predicted octanol–water partition coefficient (Wildman–Crippen LogP) is 2.62. The van der Waals surface area contributed by atoms with E-state index in [2.05, 4.69) is 0 Å². The Balaban J connectivity index is 2.17. The number of methoxy groups -OCH3 is 1. The zero-order chi connectivity index (χ0) is 13.0. The van der Waals surface area contributed by atoms with E-state index in [0.717, 1.165) is 0 Å². The van der Waals surface area contributed by atoms with Crippen molar-refractivity contribution in [2.45, 2.75) is 0 Å². The molecule has 92 valence electrons. The van der Waals surface area contributed by atoms with Crippen LogP contribution >= 0.6 is 0 Å². The number of aromatic hydroxyl groups is 1. The number of ether oxygens (including phenoxy) is 2. The number of rotatable bonds is 3. The van der Waals surface area contributed by atoms with Crippen LogP contribution in [-0.4, -0.2) is 18.2 Å². The van der Waals surface area contributed by atoms with Crippen molar-refractivity contribution in [2.75, 3.05) is 7.11 Å². The summed E-state index contributed by atoms with van der Waals surface area (Å²) in [6, 6.07) is 13.1. The first-order chi connectivity index (χ1) is 8.70. The standard InChI is InChI=1S/C14H12O4/c1-17-13-8-7-10(9-12(13)15)14(16)18-11-5-3-2-4-6-11/h2-9,15H,1H3. The molecule has 0 aliphatic heterocycles. The van der Waals surface area contributed by atoms with Gasteiger partial charge in [-0.3, -0.25) is 0 Å². The highest BCUT2D eigenvalue weighted by Crippen LogP contribution is 2.26. The van der Waals surface area contributed by atoms with Crippen molar-refractivity contribution in [1.29, 1.82) is 0 Å². The van der Waals surface area contributed by atoms with E-state index >= 15 is 0 Å². The van der Waals surface area contributed by atoms with Crippen LogP contribution in [0, 0.1) is 0 Å². The first kappa shape index (κ1) is 12.0.